The maximum absolute atomic E-state index is 12.4. The number of hydrogen-bond acceptors (Lipinski definition) is 4. The molecule has 0 aromatic carbocycles. The van der Waals surface area contributed by atoms with Gasteiger partial charge in [-0.1, -0.05) is 147 Å². The second kappa shape index (κ2) is 28.7. The highest BCUT2D eigenvalue weighted by Crippen LogP contribution is 2.14. The molecule has 1 amide bonds. The van der Waals surface area contributed by atoms with E-state index in [2.05, 4.69) is 43.5 Å². The minimum atomic E-state index is -4.34. The van der Waals surface area contributed by atoms with Gasteiger partial charge >= 0.3 is 0 Å². The van der Waals surface area contributed by atoms with Crippen LogP contribution in [0.25, 0.3) is 0 Å². The molecule has 6 nitrogen and oxygen atoms in total. The van der Waals surface area contributed by atoms with Gasteiger partial charge in [-0.05, 0) is 38.5 Å². The summed E-state index contributed by atoms with van der Waals surface area (Å²) in [5.74, 6) is -1.01. The molecule has 0 bridgehead atoms. The first-order valence-electron chi connectivity index (χ1n) is 16.7. The van der Waals surface area contributed by atoms with Gasteiger partial charge in [0.05, 0.1) is 17.9 Å². The standard InChI is InChI=1S/C34H63NO5S/c1-3-5-7-9-11-13-15-16-17-18-20-22-24-26-28-30-34(37)35-32(31-41(38,39)40)33(36)29-27-25-23-21-19-14-12-10-8-6-4-2/h8,10,19,21,27,29,32-33,36H,3-7,9,11-18,20,22-26,28,30-31H2,1-2H3,(H,35,37)(H,38,39,40)/b10-8+,21-19+,29-27+. The molecule has 0 radical (unpaired) electrons. The SMILES string of the molecule is CCC/C=C/CC/C=C/CC/C=C/C(O)C(CS(=O)(=O)O)NC(=O)CCCCCCCCCCCCCCCCC. The Bertz CT molecular complexity index is 791. The lowest BCUT2D eigenvalue weighted by atomic mass is 10.0. The lowest BCUT2D eigenvalue weighted by Crippen LogP contribution is -2.46. The van der Waals surface area contributed by atoms with Crippen LogP contribution in [0.15, 0.2) is 36.5 Å². The molecular weight excluding hydrogens is 534 g/mol. The van der Waals surface area contributed by atoms with Crippen molar-refractivity contribution in [1.82, 2.24) is 5.32 Å². The van der Waals surface area contributed by atoms with Crippen LogP contribution < -0.4 is 5.32 Å². The molecule has 0 rings (SSSR count). The summed E-state index contributed by atoms with van der Waals surface area (Å²) in [4.78, 5) is 12.4. The average Bonchev–Trinajstić information content (AvgIpc) is 2.92. The van der Waals surface area contributed by atoms with E-state index < -0.39 is 28.0 Å². The highest BCUT2D eigenvalue weighted by atomic mass is 32.2. The summed E-state index contributed by atoms with van der Waals surface area (Å²) in [5, 5.41) is 13.1. The zero-order valence-corrected chi connectivity index (χ0v) is 27.2. The zero-order chi connectivity index (χ0) is 30.4. The first-order chi connectivity index (χ1) is 19.8. The Kier molecular flexibility index (Phi) is 27.7. The first kappa shape index (κ1) is 39.6. The fourth-order valence-corrected chi connectivity index (χ4v) is 5.52. The molecule has 0 aliphatic carbocycles. The third-order valence-electron chi connectivity index (χ3n) is 7.28. The number of rotatable bonds is 29. The van der Waals surface area contributed by atoms with Crippen LogP contribution in [0.4, 0.5) is 0 Å². The van der Waals surface area contributed by atoms with Gasteiger partial charge in [0.2, 0.25) is 5.91 Å². The second-order valence-corrected chi connectivity index (χ2v) is 12.9. The van der Waals surface area contributed by atoms with Gasteiger partial charge in [-0.3, -0.25) is 9.35 Å². The molecule has 0 aliphatic rings. The highest BCUT2D eigenvalue weighted by Gasteiger charge is 2.24. The Morgan fingerprint density at radius 2 is 1.05 bits per heavy atom. The Labute approximate surface area is 253 Å². The van der Waals surface area contributed by atoms with Gasteiger partial charge in [-0.2, -0.15) is 8.42 Å². The lowest BCUT2D eigenvalue weighted by molar-refractivity contribution is -0.122. The van der Waals surface area contributed by atoms with Gasteiger partial charge in [0.1, 0.15) is 0 Å². The maximum Gasteiger partial charge on any atom is 0.267 e. The van der Waals surface area contributed by atoms with Crippen molar-refractivity contribution in [2.24, 2.45) is 0 Å². The molecule has 41 heavy (non-hydrogen) atoms. The minimum absolute atomic E-state index is 0.287. The largest absolute Gasteiger partial charge is 0.387 e. The van der Waals surface area contributed by atoms with E-state index in [0.717, 1.165) is 44.9 Å². The summed E-state index contributed by atoms with van der Waals surface area (Å²) in [5.41, 5.74) is 0. The number of carbonyl (C=O) groups excluding carboxylic acids is 1. The van der Waals surface area contributed by atoms with Crippen molar-refractivity contribution in [2.75, 3.05) is 5.75 Å². The number of aliphatic hydroxyl groups excluding tert-OH is 1. The summed E-state index contributed by atoms with van der Waals surface area (Å²) in [6.07, 6.45) is 35.6. The van der Waals surface area contributed by atoms with E-state index >= 15 is 0 Å². The van der Waals surface area contributed by atoms with Crippen molar-refractivity contribution in [2.45, 2.75) is 167 Å². The quantitative estimate of drug-likeness (QED) is 0.0453. The molecular formula is C34H63NO5S. The molecule has 0 spiro atoms. The molecule has 0 aromatic rings. The summed E-state index contributed by atoms with van der Waals surface area (Å²) in [7, 11) is -4.34. The zero-order valence-electron chi connectivity index (χ0n) is 26.4. The Morgan fingerprint density at radius 3 is 1.49 bits per heavy atom. The van der Waals surface area contributed by atoms with E-state index in [1.54, 1.807) is 6.08 Å². The number of amides is 1. The van der Waals surface area contributed by atoms with Gasteiger partial charge in [0.25, 0.3) is 10.1 Å². The molecule has 0 saturated carbocycles. The van der Waals surface area contributed by atoms with Crippen molar-refractivity contribution in [1.29, 1.82) is 0 Å². The average molecular weight is 598 g/mol. The monoisotopic (exact) mass is 597 g/mol. The van der Waals surface area contributed by atoms with Gasteiger partial charge < -0.3 is 10.4 Å². The van der Waals surface area contributed by atoms with Gasteiger partial charge in [-0.25, -0.2) is 0 Å². The summed E-state index contributed by atoms with van der Waals surface area (Å²) in [6.45, 7) is 4.42. The number of hydrogen-bond donors (Lipinski definition) is 3. The fourth-order valence-electron chi connectivity index (χ4n) is 4.78. The summed E-state index contributed by atoms with van der Waals surface area (Å²) < 4.78 is 32.2. The Hall–Kier alpha value is -1.44. The van der Waals surface area contributed by atoms with Crippen molar-refractivity contribution < 1.29 is 22.9 Å². The van der Waals surface area contributed by atoms with E-state index in [4.69, 9.17) is 0 Å². The van der Waals surface area contributed by atoms with E-state index in [1.165, 1.54) is 89.5 Å². The molecule has 0 aromatic heterocycles. The van der Waals surface area contributed by atoms with Crippen LogP contribution in [0.5, 0.6) is 0 Å². The minimum Gasteiger partial charge on any atom is -0.387 e. The fraction of sp³-hybridized carbons (Fsp3) is 0.794. The third-order valence-corrected chi connectivity index (χ3v) is 8.06. The third kappa shape index (κ3) is 29.8. The van der Waals surface area contributed by atoms with Crippen molar-refractivity contribution in [3.63, 3.8) is 0 Å². The maximum atomic E-state index is 12.4. The van der Waals surface area contributed by atoms with Crippen molar-refractivity contribution in [3.05, 3.63) is 36.5 Å². The lowest BCUT2D eigenvalue weighted by Gasteiger charge is -2.21. The van der Waals surface area contributed by atoms with Gasteiger partial charge in [0.15, 0.2) is 0 Å². The predicted molar refractivity (Wildman–Crippen MR) is 175 cm³/mol. The summed E-state index contributed by atoms with van der Waals surface area (Å²) in [6, 6.07) is -1.07. The van der Waals surface area contributed by atoms with E-state index in [0.29, 0.717) is 6.42 Å². The molecule has 7 heteroatoms. The molecule has 2 atom stereocenters. The van der Waals surface area contributed by atoms with Crippen molar-refractivity contribution in [3.8, 4) is 0 Å². The van der Waals surface area contributed by atoms with Gasteiger partial charge in [0, 0.05) is 6.42 Å². The molecule has 240 valence electrons. The smallest absolute Gasteiger partial charge is 0.267 e. The van der Waals surface area contributed by atoms with Crippen LogP contribution in [0.3, 0.4) is 0 Å². The molecule has 0 aliphatic heterocycles. The van der Waals surface area contributed by atoms with Crippen LogP contribution in [0.2, 0.25) is 0 Å². The first-order valence-corrected chi connectivity index (χ1v) is 18.3. The molecule has 2 unspecified atom stereocenters. The number of unbranched alkanes of at least 4 members (excludes halogenated alkanes) is 17. The van der Waals surface area contributed by atoms with Crippen LogP contribution in [0, 0.1) is 0 Å². The van der Waals surface area contributed by atoms with E-state index in [1.807, 2.05) is 0 Å². The van der Waals surface area contributed by atoms with E-state index in [9.17, 15) is 22.9 Å². The number of aliphatic hydroxyl groups is 1. The van der Waals surface area contributed by atoms with Crippen LogP contribution >= 0.6 is 0 Å². The highest BCUT2D eigenvalue weighted by molar-refractivity contribution is 7.85. The Balaban J connectivity index is 4.06. The van der Waals surface area contributed by atoms with Crippen LogP contribution in [-0.4, -0.2) is 41.9 Å². The number of allylic oxidation sites excluding steroid dienone is 5. The molecule has 0 saturated heterocycles. The molecule has 0 fully saturated rings. The predicted octanol–water partition coefficient (Wildman–Crippen LogP) is 9.01. The van der Waals surface area contributed by atoms with Crippen LogP contribution in [0.1, 0.15) is 155 Å². The second-order valence-electron chi connectivity index (χ2n) is 11.4. The summed E-state index contributed by atoms with van der Waals surface area (Å²) >= 11 is 0. The Morgan fingerprint density at radius 1 is 0.634 bits per heavy atom. The van der Waals surface area contributed by atoms with Crippen molar-refractivity contribution >= 4 is 16.0 Å². The van der Waals surface area contributed by atoms with E-state index in [-0.39, 0.29) is 12.3 Å². The van der Waals surface area contributed by atoms with Crippen LogP contribution in [-0.2, 0) is 14.9 Å². The number of carbonyl (C=O) groups is 1. The van der Waals surface area contributed by atoms with Gasteiger partial charge in [-0.15, -0.1) is 0 Å². The topological polar surface area (TPSA) is 104 Å². The molecule has 0 heterocycles. The molecule has 3 N–H and O–H groups in total. The normalized spacial score (nSPS) is 14.0. The number of nitrogens with one attached hydrogen (secondary N) is 1.